The second-order valence-corrected chi connectivity index (χ2v) is 6.11. The van der Waals surface area contributed by atoms with E-state index in [1.165, 1.54) is 0 Å². The predicted octanol–water partition coefficient (Wildman–Crippen LogP) is 4.37. The zero-order valence-corrected chi connectivity index (χ0v) is 14.6. The van der Waals surface area contributed by atoms with Crippen molar-refractivity contribution >= 4 is 34.2 Å². The smallest absolute Gasteiger partial charge is 0.269 e. The van der Waals surface area contributed by atoms with E-state index in [1.807, 2.05) is 48.5 Å². The molecule has 0 atom stereocenters. The maximum absolute atomic E-state index is 12.2. The summed E-state index contributed by atoms with van der Waals surface area (Å²) >= 11 is 2.20. The molecule has 114 valence electrons. The van der Waals surface area contributed by atoms with Crippen molar-refractivity contribution in [2.45, 2.75) is 19.8 Å². The molecule has 0 unspecified atom stereocenters. The number of benzene rings is 2. The third kappa shape index (κ3) is 4.87. The van der Waals surface area contributed by atoms with Gasteiger partial charge in [0.25, 0.3) is 5.91 Å². The molecule has 2 aromatic rings. The van der Waals surface area contributed by atoms with Crippen LogP contribution in [0.3, 0.4) is 0 Å². The summed E-state index contributed by atoms with van der Waals surface area (Å²) in [4.78, 5) is 12.2. The monoisotopic (exact) mass is 406 g/mol. The van der Waals surface area contributed by atoms with Crippen molar-refractivity contribution in [2.24, 2.45) is 0 Å². The molecule has 0 fully saturated rings. The number of allylic oxidation sites excluding steroid dienone is 1. The molecule has 0 heterocycles. The van der Waals surface area contributed by atoms with E-state index in [0.29, 0.717) is 5.56 Å². The molecule has 22 heavy (non-hydrogen) atoms. The minimum Gasteiger partial charge on any atom is -0.298 e. The molecular weight excluding hydrogens is 387 g/mol. The minimum atomic E-state index is -0.142. The van der Waals surface area contributed by atoms with Crippen LogP contribution in [0.5, 0.6) is 0 Å². The Labute approximate surface area is 144 Å². The number of hydrogen-bond acceptors (Lipinski definition) is 2. The van der Waals surface area contributed by atoms with Crippen LogP contribution in [0.4, 0.5) is 0 Å². The zero-order chi connectivity index (χ0) is 15.8. The first-order valence-electron chi connectivity index (χ1n) is 7.28. The van der Waals surface area contributed by atoms with E-state index >= 15 is 0 Å². The minimum absolute atomic E-state index is 0.142. The highest BCUT2D eigenvalue weighted by atomic mass is 127. The predicted molar refractivity (Wildman–Crippen MR) is 99.1 cm³/mol. The van der Waals surface area contributed by atoms with Crippen LogP contribution in [0.25, 0.3) is 5.70 Å². The average Bonchev–Trinajstić information content (AvgIpc) is 2.55. The number of unbranched alkanes of at least 4 members (excludes halogenated alkanes) is 1. The molecule has 3 nitrogen and oxygen atoms in total. The summed E-state index contributed by atoms with van der Waals surface area (Å²) < 4.78 is 1.04. The Morgan fingerprint density at radius 1 is 1.05 bits per heavy atom. The highest BCUT2D eigenvalue weighted by molar-refractivity contribution is 14.1. The van der Waals surface area contributed by atoms with Crippen LogP contribution in [-0.4, -0.2) is 5.91 Å². The largest absolute Gasteiger partial charge is 0.298 e. The Bertz CT molecular complexity index is 653. The van der Waals surface area contributed by atoms with Gasteiger partial charge in [0.2, 0.25) is 0 Å². The summed E-state index contributed by atoms with van der Waals surface area (Å²) in [7, 11) is 0. The van der Waals surface area contributed by atoms with Gasteiger partial charge in [0.1, 0.15) is 0 Å². The fraction of sp³-hybridized carbons (Fsp3) is 0.167. The molecule has 0 bridgehead atoms. The molecule has 0 saturated heterocycles. The highest BCUT2D eigenvalue weighted by Crippen LogP contribution is 2.12. The van der Waals surface area contributed by atoms with Crippen molar-refractivity contribution in [1.82, 2.24) is 10.9 Å². The number of hydrazine groups is 1. The Morgan fingerprint density at radius 2 is 1.77 bits per heavy atom. The molecule has 0 spiro atoms. The SMILES string of the molecule is CCCC=C(NNC(=O)c1cccc(I)c1)c1ccccc1. The van der Waals surface area contributed by atoms with Crippen LogP contribution in [0, 0.1) is 3.57 Å². The van der Waals surface area contributed by atoms with Gasteiger partial charge in [-0.15, -0.1) is 0 Å². The standard InChI is InChI=1S/C18H19IN2O/c1-2-3-12-17(14-8-5-4-6-9-14)20-21-18(22)15-10-7-11-16(19)13-15/h4-13,20H,2-3H2,1H3,(H,21,22). The fourth-order valence-electron chi connectivity index (χ4n) is 1.97. The second kappa shape index (κ2) is 8.58. The lowest BCUT2D eigenvalue weighted by atomic mass is 10.1. The van der Waals surface area contributed by atoms with Crippen molar-refractivity contribution in [2.75, 3.05) is 0 Å². The van der Waals surface area contributed by atoms with E-state index in [2.05, 4.69) is 46.4 Å². The van der Waals surface area contributed by atoms with Crippen molar-refractivity contribution in [3.63, 3.8) is 0 Å². The average molecular weight is 406 g/mol. The molecule has 0 aromatic heterocycles. The zero-order valence-electron chi connectivity index (χ0n) is 12.5. The molecule has 1 amide bonds. The van der Waals surface area contributed by atoms with E-state index in [0.717, 1.165) is 27.7 Å². The van der Waals surface area contributed by atoms with Crippen LogP contribution in [0.2, 0.25) is 0 Å². The van der Waals surface area contributed by atoms with Gasteiger partial charge in [-0.05, 0) is 52.8 Å². The maximum atomic E-state index is 12.2. The van der Waals surface area contributed by atoms with Crippen LogP contribution in [-0.2, 0) is 0 Å². The lowest BCUT2D eigenvalue weighted by Gasteiger charge is -2.13. The fourth-order valence-corrected chi connectivity index (χ4v) is 2.52. The van der Waals surface area contributed by atoms with Crippen LogP contribution in [0.15, 0.2) is 60.7 Å². The topological polar surface area (TPSA) is 41.1 Å². The first-order chi connectivity index (χ1) is 10.7. The summed E-state index contributed by atoms with van der Waals surface area (Å²) in [5, 5.41) is 0. The first-order valence-corrected chi connectivity index (χ1v) is 8.36. The summed E-state index contributed by atoms with van der Waals surface area (Å²) in [5.74, 6) is -0.142. The molecule has 0 radical (unpaired) electrons. The molecule has 0 aliphatic carbocycles. The van der Waals surface area contributed by atoms with Gasteiger partial charge >= 0.3 is 0 Å². The van der Waals surface area contributed by atoms with Gasteiger partial charge in [0.05, 0.1) is 5.70 Å². The Balaban J connectivity index is 2.07. The molecule has 0 saturated carbocycles. The van der Waals surface area contributed by atoms with Gasteiger partial charge in [-0.25, -0.2) is 0 Å². The van der Waals surface area contributed by atoms with Crippen molar-refractivity contribution in [3.05, 3.63) is 75.4 Å². The quantitative estimate of drug-likeness (QED) is 0.553. The van der Waals surface area contributed by atoms with E-state index in [4.69, 9.17) is 0 Å². The van der Waals surface area contributed by atoms with Gasteiger partial charge in [0.15, 0.2) is 0 Å². The number of nitrogens with one attached hydrogen (secondary N) is 2. The van der Waals surface area contributed by atoms with E-state index in [-0.39, 0.29) is 5.91 Å². The number of halogens is 1. The first kappa shape index (κ1) is 16.5. The third-order valence-corrected chi connectivity index (χ3v) is 3.79. The highest BCUT2D eigenvalue weighted by Gasteiger charge is 2.07. The van der Waals surface area contributed by atoms with Crippen molar-refractivity contribution in [1.29, 1.82) is 0 Å². The van der Waals surface area contributed by atoms with Crippen molar-refractivity contribution < 1.29 is 4.79 Å². The molecule has 0 aliphatic rings. The van der Waals surface area contributed by atoms with Gasteiger partial charge in [-0.3, -0.25) is 15.6 Å². The summed E-state index contributed by atoms with van der Waals surface area (Å²) in [6.07, 6.45) is 4.11. The molecular formula is C18H19IN2O. The maximum Gasteiger partial charge on any atom is 0.269 e. The molecule has 2 N–H and O–H groups in total. The summed E-state index contributed by atoms with van der Waals surface area (Å²) in [5.41, 5.74) is 8.43. The number of rotatable bonds is 6. The van der Waals surface area contributed by atoms with E-state index < -0.39 is 0 Å². The van der Waals surface area contributed by atoms with Gasteiger partial charge in [-0.2, -0.15) is 0 Å². The van der Waals surface area contributed by atoms with Crippen LogP contribution in [0.1, 0.15) is 35.7 Å². The van der Waals surface area contributed by atoms with Crippen LogP contribution >= 0.6 is 22.6 Å². The lowest BCUT2D eigenvalue weighted by Crippen LogP contribution is -2.36. The van der Waals surface area contributed by atoms with Gasteiger partial charge in [0, 0.05) is 9.13 Å². The molecule has 2 aromatic carbocycles. The number of carbonyl (C=O) groups is 1. The number of carbonyl (C=O) groups excluding carboxylic acids is 1. The number of hydrogen-bond donors (Lipinski definition) is 2. The van der Waals surface area contributed by atoms with Gasteiger partial charge < -0.3 is 0 Å². The van der Waals surface area contributed by atoms with Crippen molar-refractivity contribution in [3.8, 4) is 0 Å². The molecule has 4 heteroatoms. The number of amides is 1. The van der Waals surface area contributed by atoms with Gasteiger partial charge in [-0.1, -0.05) is 55.8 Å². The summed E-state index contributed by atoms with van der Waals surface area (Å²) in [6, 6.07) is 17.5. The Hall–Kier alpha value is -1.82. The third-order valence-electron chi connectivity index (χ3n) is 3.12. The Kier molecular flexibility index (Phi) is 6.45. The van der Waals surface area contributed by atoms with E-state index in [9.17, 15) is 4.79 Å². The lowest BCUT2D eigenvalue weighted by molar-refractivity contribution is 0.0942. The molecule has 0 aliphatic heterocycles. The normalized spacial score (nSPS) is 11.1. The van der Waals surface area contributed by atoms with E-state index in [1.54, 1.807) is 6.07 Å². The van der Waals surface area contributed by atoms with Crippen LogP contribution < -0.4 is 10.9 Å². The second-order valence-electron chi connectivity index (χ2n) is 4.86. The summed E-state index contributed by atoms with van der Waals surface area (Å²) in [6.45, 7) is 2.13. The Morgan fingerprint density at radius 3 is 2.45 bits per heavy atom. The molecule has 2 rings (SSSR count).